The Morgan fingerprint density at radius 3 is 2.22 bits per heavy atom. The molecule has 1 N–H and O–H groups in total. The maximum atomic E-state index is 13.0. The molecule has 2 aliphatic heterocycles. The maximum Gasteiger partial charge on any atom is 0.243 e. The second-order valence-corrected chi connectivity index (χ2v) is 13.3. The van der Waals surface area contributed by atoms with Crippen LogP contribution in [0.5, 0.6) is 0 Å². The van der Waals surface area contributed by atoms with Crippen molar-refractivity contribution in [3.63, 3.8) is 0 Å². The highest BCUT2D eigenvalue weighted by atomic mass is 32.2. The van der Waals surface area contributed by atoms with E-state index in [-0.39, 0.29) is 23.1 Å². The molecule has 180 valence electrons. The van der Waals surface area contributed by atoms with Crippen molar-refractivity contribution in [1.82, 2.24) is 8.61 Å². The first kappa shape index (κ1) is 25.1. The molecule has 2 saturated heterocycles. The summed E-state index contributed by atoms with van der Waals surface area (Å²) in [5, 5.41) is 2.82. The van der Waals surface area contributed by atoms with Crippen molar-refractivity contribution < 1.29 is 21.6 Å². The summed E-state index contributed by atoms with van der Waals surface area (Å²) >= 11 is 0. The van der Waals surface area contributed by atoms with Gasteiger partial charge in [0.15, 0.2) is 0 Å². The van der Waals surface area contributed by atoms with Crippen LogP contribution in [0.4, 0.5) is 5.69 Å². The standard InChI is InChI=1S/C22H35N3O5S2/c1-4-12-31(27,28)24-11-5-6-19(16-24)22(26)23-20-7-9-21(10-8-20)32(29,30)25-14-17(2)13-18(3)15-25/h7-10,17-19H,4-6,11-16H2,1-3H3,(H,23,26)/t17-,18+,19-/m0/s1. The van der Waals surface area contributed by atoms with Gasteiger partial charge in [-0.1, -0.05) is 20.8 Å². The third-order valence-corrected chi connectivity index (χ3v) is 10.1. The molecule has 3 rings (SSSR count). The lowest BCUT2D eigenvalue weighted by Gasteiger charge is -2.34. The van der Waals surface area contributed by atoms with Crippen molar-refractivity contribution in [2.75, 3.05) is 37.2 Å². The van der Waals surface area contributed by atoms with Crippen LogP contribution < -0.4 is 5.32 Å². The van der Waals surface area contributed by atoms with E-state index in [0.717, 1.165) is 6.42 Å². The summed E-state index contributed by atoms with van der Waals surface area (Å²) in [4.78, 5) is 13.0. The topological polar surface area (TPSA) is 104 Å². The van der Waals surface area contributed by atoms with E-state index >= 15 is 0 Å². The van der Waals surface area contributed by atoms with Crippen LogP contribution in [-0.4, -0.2) is 63.3 Å². The van der Waals surface area contributed by atoms with Gasteiger partial charge in [0, 0.05) is 31.9 Å². The Kier molecular flexibility index (Phi) is 8.01. The second-order valence-electron chi connectivity index (χ2n) is 9.29. The van der Waals surface area contributed by atoms with Crippen LogP contribution in [0.15, 0.2) is 29.2 Å². The monoisotopic (exact) mass is 485 g/mol. The molecule has 1 amide bonds. The number of hydrogen-bond acceptors (Lipinski definition) is 5. The molecular weight excluding hydrogens is 450 g/mol. The summed E-state index contributed by atoms with van der Waals surface area (Å²) in [6, 6.07) is 6.23. The minimum Gasteiger partial charge on any atom is -0.326 e. The number of amides is 1. The summed E-state index contributed by atoms with van der Waals surface area (Å²) < 4.78 is 53.7. The van der Waals surface area contributed by atoms with Gasteiger partial charge in [-0.2, -0.15) is 4.31 Å². The highest BCUT2D eigenvalue weighted by molar-refractivity contribution is 7.89. The van der Waals surface area contributed by atoms with Gasteiger partial charge < -0.3 is 5.32 Å². The number of anilines is 1. The van der Waals surface area contributed by atoms with Crippen molar-refractivity contribution in [2.24, 2.45) is 17.8 Å². The zero-order valence-electron chi connectivity index (χ0n) is 19.2. The van der Waals surface area contributed by atoms with Gasteiger partial charge in [-0.3, -0.25) is 4.79 Å². The molecule has 0 spiro atoms. The first-order chi connectivity index (χ1) is 15.0. The zero-order valence-corrected chi connectivity index (χ0v) is 20.8. The van der Waals surface area contributed by atoms with Crippen LogP contribution in [-0.2, 0) is 24.8 Å². The van der Waals surface area contributed by atoms with Crippen LogP contribution in [0.3, 0.4) is 0 Å². The number of rotatable bonds is 7. The fourth-order valence-electron chi connectivity index (χ4n) is 4.70. The van der Waals surface area contributed by atoms with Gasteiger partial charge in [0.05, 0.1) is 16.6 Å². The molecule has 0 unspecified atom stereocenters. The lowest BCUT2D eigenvalue weighted by molar-refractivity contribution is -0.120. The van der Waals surface area contributed by atoms with Crippen molar-refractivity contribution in [3.05, 3.63) is 24.3 Å². The number of hydrogen-bond donors (Lipinski definition) is 1. The first-order valence-corrected chi connectivity index (χ1v) is 14.5. The van der Waals surface area contributed by atoms with E-state index in [2.05, 4.69) is 19.2 Å². The quantitative estimate of drug-likeness (QED) is 0.640. The second kappa shape index (κ2) is 10.2. The summed E-state index contributed by atoms with van der Waals surface area (Å²) in [7, 11) is -6.91. The smallest absolute Gasteiger partial charge is 0.243 e. The lowest BCUT2D eigenvalue weighted by Crippen LogP contribution is -2.44. The van der Waals surface area contributed by atoms with E-state index < -0.39 is 26.0 Å². The molecule has 8 nitrogen and oxygen atoms in total. The Labute approximate surface area is 192 Å². The molecule has 2 aliphatic rings. The van der Waals surface area contributed by atoms with E-state index in [0.29, 0.717) is 56.4 Å². The fourth-order valence-corrected chi connectivity index (χ4v) is 7.97. The van der Waals surface area contributed by atoms with Crippen molar-refractivity contribution >= 4 is 31.6 Å². The summed E-state index contributed by atoms with van der Waals surface area (Å²) in [6.07, 6.45) is 2.84. The van der Waals surface area contributed by atoms with Gasteiger partial charge in [-0.25, -0.2) is 21.1 Å². The van der Waals surface area contributed by atoms with Gasteiger partial charge in [-0.15, -0.1) is 0 Å². The van der Waals surface area contributed by atoms with Crippen LogP contribution in [0.1, 0.15) is 46.5 Å². The number of carbonyl (C=O) groups excluding carboxylic acids is 1. The molecule has 0 aliphatic carbocycles. The Balaban J connectivity index is 1.64. The van der Waals surface area contributed by atoms with Gasteiger partial charge in [0.25, 0.3) is 0 Å². The Morgan fingerprint density at radius 1 is 1.00 bits per heavy atom. The Morgan fingerprint density at radius 2 is 1.62 bits per heavy atom. The van der Waals surface area contributed by atoms with Gasteiger partial charge >= 0.3 is 0 Å². The molecule has 1 aromatic rings. The van der Waals surface area contributed by atoms with E-state index in [9.17, 15) is 21.6 Å². The maximum absolute atomic E-state index is 13.0. The van der Waals surface area contributed by atoms with Crippen LogP contribution >= 0.6 is 0 Å². The predicted molar refractivity (Wildman–Crippen MR) is 125 cm³/mol. The van der Waals surface area contributed by atoms with Gasteiger partial charge in [-0.05, 0) is 61.8 Å². The van der Waals surface area contributed by atoms with Crippen LogP contribution in [0.2, 0.25) is 0 Å². The molecule has 0 radical (unpaired) electrons. The highest BCUT2D eigenvalue weighted by Gasteiger charge is 2.33. The highest BCUT2D eigenvalue weighted by Crippen LogP contribution is 2.27. The molecular formula is C22H35N3O5S2. The minimum atomic E-state index is -3.58. The number of nitrogens with zero attached hydrogens (tertiary/aromatic N) is 2. The SMILES string of the molecule is CCCS(=O)(=O)N1CCC[C@H](C(=O)Nc2ccc(S(=O)(=O)N3C[C@H](C)C[C@H](C)C3)cc2)C1. The number of carbonyl (C=O) groups is 1. The molecule has 3 atom stereocenters. The Bertz CT molecular complexity index is 999. The third-order valence-electron chi connectivity index (χ3n) is 6.21. The number of benzene rings is 1. The number of piperidine rings is 2. The van der Waals surface area contributed by atoms with E-state index in [1.807, 2.05) is 6.92 Å². The van der Waals surface area contributed by atoms with E-state index in [1.165, 1.54) is 16.4 Å². The largest absolute Gasteiger partial charge is 0.326 e. The lowest BCUT2D eigenvalue weighted by atomic mass is 9.94. The fraction of sp³-hybridized carbons (Fsp3) is 0.682. The number of sulfonamides is 2. The molecule has 0 saturated carbocycles. The van der Waals surface area contributed by atoms with Crippen LogP contribution in [0, 0.1) is 17.8 Å². The summed E-state index contributed by atoms with van der Waals surface area (Å²) in [5.41, 5.74) is 0.503. The average molecular weight is 486 g/mol. The summed E-state index contributed by atoms with van der Waals surface area (Å²) in [5.74, 6) is 0.0728. The molecule has 0 aromatic heterocycles. The normalized spacial score (nSPS) is 26.0. The predicted octanol–water partition coefficient (Wildman–Crippen LogP) is 2.74. The molecule has 0 bridgehead atoms. The molecule has 32 heavy (non-hydrogen) atoms. The zero-order chi connectivity index (χ0) is 23.5. The molecule has 2 fully saturated rings. The third kappa shape index (κ3) is 5.89. The first-order valence-electron chi connectivity index (χ1n) is 11.4. The molecule has 2 heterocycles. The van der Waals surface area contributed by atoms with Gasteiger partial charge in [0.2, 0.25) is 26.0 Å². The van der Waals surface area contributed by atoms with E-state index in [1.54, 1.807) is 16.4 Å². The van der Waals surface area contributed by atoms with Crippen molar-refractivity contribution in [1.29, 1.82) is 0 Å². The Hall–Kier alpha value is -1.49. The van der Waals surface area contributed by atoms with Crippen LogP contribution in [0.25, 0.3) is 0 Å². The molecule has 1 aromatic carbocycles. The summed E-state index contributed by atoms with van der Waals surface area (Å²) in [6.45, 7) is 7.63. The van der Waals surface area contributed by atoms with Crippen molar-refractivity contribution in [2.45, 2.75) is 51.3 Å². The van der Waals surface area contributed by atoms with Crippen molar-refractivity contribution in [3.8, 4) is 0 Å². The molecule has 10 heteroatoms. The van der Waals surface area contributed by atoms with Gasteiger partial charge in [0.1, 0.15) is 0 Å². The number of nitrogens with one attached hydrogen (secondary N) is 1. The average Bonchev–Trinajstić information content (AvgIpc) is 2.73. The van der Waals surface area contributed by atoms with E-state index in [4.69, 9.17) is 0 Å². The minimum absolute atomic E-state index is 0.0891.